The second-order valence-corrected chi connectivity index (χ2v) is 3.98. The van der Waals surface area contributed by atoms with Crippen molar-refractivity contribution in [3.8, 4) is 0 Å². The molecular formula is C12H19N3O2. The Kier molecular flexibility index (Phi) is 5.59. The Morgan fingerprint density at radius 2 is 2.35 bits per heavy atom. The number of carboxylic acid groups (broad SMARTS) is 1. The minimum Gasteiger partial charge on any atom is -0.480 e. The van der Waals surface area contributed by atoms with E-state index in [0.29, 0.717) is 19.5 Å². The van der Waals surface area contributed by atoms with Crippen LogP contribution in [0.25, 0.3) is 0 Å². The summed E-state index contributed by atoms with van der Waals surface area (Å²) in [5.74, 6) is -0.820. The first-order valence-electron chi connectivity index (χ1n) is 5.68. The second-order valence-electron chi connectivity index (χ2n) is 3.98. The van der Waals surface area contributed by atoms with Crippen molar-refractivity contribution in [2.45, 2.75) is 18.9 Å². The topological polar surface area (TPSA) is 79.5 Å². The van der Waals surface area contributed by atoms with Crippen molar-refractivity contribution in [2.24, 2.45) is 5.73 Å². The predicted octanol–water partition coefficient (Wildman–Crippen LogP) is 0.358. The number of hydrogen-bond acceptors (Lipinski definition) is 4. The lowest BCUT2D eigenvalue weighted by Gasteiger charge is -2.23. The maximum Gasteiger partial charge on any atom is 0.320 e. The molecule has 94 valence electrons. The van der Waals surface area contributed by atoms with Crippen LogP contribution < -0.4 is 5.73 Å². The van der Waals surface area contributed by atoms with Gasteiger partial charge in [0.2, 0.25) is 0 Å². The summed E-state index contributed by atoms with van der Waals surface area (Å²) in [6, 6.07) is 5.22. The smallest absolute Gasteiger partial charge is 0.320 e. The minimum absolute atomic E-state index is 0.380. The molecule has 0 bridgehead atoms. The van der Waals surface area contributed by atoms with Gasteiger partial charge in [-0.2, -0.15) is 0 Å². The molecule has 3 N–H and O–H groups in total. The van der Waals surface area contributed by atoms with E-state index >= 15 is 0 Å². The van der Waals surface area contributed by atoms with Gasteiger partial charge >= 0.3 is 5.97 Å². The van der Waals surface area contributed by atoms with Crippen molar-refractivity contribution >= 4 is 5.97 Å². The predicted molar refractivity (Wildman–Crippen MR) is 65.7 cm³/mol. The Morgan fingerprint density at radius 3 is 2.88 bits per heavy atom. The maximum atomic E-state index is 11.0. The van der Waals surface area contributed by atoms with Crippen LogP contribution in [0.15, 0.2) is 24.4 Å². The molecule has 1 aromatic heterocycles. The number of nitrogens with zero attached hydrogens (tertiary/aromatic N) is 2. The number of carbonyl (C=O) groups is 1. The maximum absolute atomic E-state index is 11.0. The van der Waals surface area contributed by atoms with Crippen LogP contribution in [0.2, 0.25) is 0 Å². The summed E-state index contributed by atoms with van der Waals surface area (Å²) in [5, 5.41) is 9.06. The third kappa shape index (κ3) is 4.50. The summed E-state index contributed by atoms with van der Waals surface area (Å²) in [7, 11) is 1.80. The third-order valence-electron chi connectivity index (χ3n) is 2.70. The highest BCUT2D eigenvalue weighted by Gasteiger charge is 2.21. The molecule has 1 heterocycles. The van der Waals surface area contributed by atoms with Crippen LogP contribution in [0.5, 0.6) is 0 Å². The van der Waals surface area contributed by atoms with Crippen LogP contribution in [-0.2, 0) is 11.2 Å². The Labute approximate surface area is 101 Å². The van der Waals surface area contributed by atoms with Gasteiger partial charge in [-0.05, 0) is 32.1 Å². The summed E-state index contributed by atoms with van der Waals surface area (Å²) in [5.41, 5.74) is 6.38. The molecule has 0 aliphatic rings. The fraction of sp³-hybridized carbons (Fsp3) is 0.500. The molecule has 0 aromatic carbocycles. The van der Waals surface area contributed by atoms with E-state index in [1.54, 1.807) is 13.2 Å². The molecular weight excluding hydrogens is 218 g/mol. The largest absolute Gasteiger partial charge is 0.480 e. The van der Waals surface area contributed by atoms with E-state index in [9.17, 15) is 4.79 Å². The van der Waals surface area contributed by atoms with Gasteiger partial charge in [0.1, 0.15) is 6.04 Å². The minimum atomic E-state index is -0.820. The zero-order valence-corrected chi connectivity index (χ0v) is 10.0. The molecule has 5 nitrogen and oxygen atoms in total. The van der Waals surface area contributed by atoms with Crippen molar-refractivity contribution in [3.63, 3.8) is 0 Å². The van der Waals surface area contributed by atoms with Gasteiger partial charge in [-0.15, -0.1) is 0 Å². The number of likely N-dealkylation sites (N-methyl/N-ethyl adjacent to an activating group) is 1. The highest BCUT2D eigenvalue weighted by Crippen LogP contribution is 2.04. The van der Waals surface area contributed by atoms with E-state index in [2.05, 4.69) is 4.98 Å². The van der Waals surface area contributed by atoms with Gasteiger partial charge in [0.25, 0.3) is 0 Å². The molecule has 0 fully saturated rings. The van der Waals surface area contributed by atoms with Gasteiger partial charge in [-0.3, -0.25) is 14.7 Å². The number of carboxylic acids is 1. The number of aromatic nitrogens is 1. The summed E-state index contributed by atoms with van der Waals surface area (Å²) < 4.78 is 0. The second kappa shape index (κ2) is 6.98. The monoisotopic (exact) mass is 237 g/mol. The summed E-state index contributed by atoms with van der Waals surface area (Å²) in [6.45, 7) is 1.04. The number of hydrogen-bond donors (Lipinski definition) is 2. The van der Waals surface area contributed by atoms with E-state index in [4.69, 9.17) is 10.8 Å². The molecule has 0 aliphatic carbocycles. The van der Waals surface area contributed by atoms with Gasteiger partial charge in [0.15, 0.2) is 0 Å². The summed E-state index contributed by atoms with van der Waals surface area (Å²) >= 11 is 0. The molecule has 17 heavy (non-hydrogen) atoms. The van der Waals surface area contributed by atoms with Crippen LogP contribution in [0, 0.1) is 0 Å². The Balaban J connectivity index is 2.47. The fourth-order valence-electron chi connectivity index (χ4n) is 1.68. The normalized spacial score (nSPS) is 12.6. The molecule has 1 rings (SSSR count). The van der Waals surface area contributed by atoms with Crippen LogP contribution in [-0.4, -0.2) is 47.1 Å². The van der Waals surface area contributed by atoms with Gasteiger partial charge in [-0.1, -0.05) is 6.07 Å². The average Bonchev–Trinajstić information content (AvgIpc) is 2.34. The van der Waals surface area contributed by atoms with Crippen molar-refractivity contribution in [3.05, 3.63) is 30.1 Å². The molecule has 1 unspecified atom stereocenters. The SMILES string of the molecule is CN(CCc1ccccn1)C(CCN)C(=O)O. The standard InChI is InChI=1S/C12H19N3O2/c1-15(11(5-7-13)12(16)17)9-6-10-4-2-3-8-14-10/h2-4,8,11H,5-7,9,13H2,1H3,(H,16,17). The van der Waals surface area contributed by atoms with Crippen molar-refractivity contribution in [1.82, 2.24) is 9.88 Å². The van der Waals surface area contributed by atoms with Crippen LogP contribution in [0.1, 0.15) is 12.1 Å². The summed E-state index contributed by atoms with van der Waals surface area (Å²) in [4.78, 5) is 17.0. The number of nitrogens with two attached hydrogens (primary N) is 1. The average molecular weight is 237 g/mol. The molecule has 0 saturated heterocycles. The number of pyridine rings is 1. The first-order valence-corrected chi connectivity index (χ1v) is 5.68. The number of aliphatic carboxylic acids is 1. The van der Waals surface area contributed by atoms with Crippen LogP contribution in [0.4, 0.5) is 0 Å². The first-order chi connectivity index (χ1) is 8.15. The van der Waals surface area contributed by atoms with Gasteiger partial charge in [0, 0.05) is 24.9 Å². The van der Waals surface area contributed by atoms with E-state index in [1.807, 2.05) is 23.1 Å². The third-order valence-corrected chi connectivity index (χ3v) is 2.70. The quantitative estimate of drug-likeness (QED) is 0.715. The lowest BCUT2D eigenvalue weighted by molar-refractivity contribution is -0.142. The lowest BCUT2D eigenvalue weighted by atomic mass is 10.1. The Morgan fingerprint density at radius 1 is 1.59 bits per heavy atom. The first kappa shape index (κ1) is 13.6. The van der Waals surface area contributed by atoms with Crippen molar-refractivity contribution in [1.29, 1.82) is 0 Å². The highest BCUT2D eigenvalue weighted by atomic mass is 16.4. The molecule has 0 saturated carbocycles. The molecule has 1 atom stereocenters. The van der Waals surface area contributed by atoms with Crippen molar-refractivity contribution < 1.29 is 9.90 Å². The summed E-state index contributed by atoms with van der Waals surface area (Å²) in [6.07, 6.45) is 2.95. The highest BCUT2D eigenvalue weighted by molar-refractivity contribution is 5.73. The Bertz CT molecular complexity index is 343. The van der Waals surface area contributed by atoms with Gasteiger partial charge < -0.3 is 10.8 Å². The van der Waals surface area contributed by atoms with Crippen LogP contribution in [0.3, 0.4) is 0 Å². The van der Waals surface area contributed by atoms with E-state index in [1.165, 1.54) is 0 Å². The van der Waals surface area contributed by atoms with E-state index in [0.717, 1.165) is 12.1 Å². The molecule has 0 spiro atoms. The van der Waals surface area contributed by atoms with Crippen molar-refractivity contribution in [2.75, 3.05) is 20.1 Å². The molecule has 1 aromatic rings. The fourth-order valence-corrected chi connectivity index (χ4v) is 1.68. The Hall–Kier alpha value is -1.46. The van der Waals surface area contributed by atoms with Gasteiger partial charge in [-0.25, -0.2) is 0 Å². The lowest BCUT2D eigenvalue weighted by Crippen LogP contribution is -2.41. The van der Waals surface area contributed by atoms with E-state index in [-0.39, 0.29) is 0 Å². The number of rotatable bonds is 7. The zero-order valence-electron chi connectivity index (χ0n) is 10.0. The molecule has 0 radical (unpaired) electrons. The zero-order chi connectivity index (χ0) is 12.7. The van der Waals surface area contributed by atoms with E-state index < -0.39 is 12.0 Å². The molecule has 5 heteroatoms. The van der Waals surface area contributed by atoms with Crippen LogP contribution >= 0.6 is 0 Å². The molecule has 0 amide bonds. The molecule has 0 aliphatic heterocycles. The van der Waals surface area contributed by atoms with Gasteiger partial charge in [0.05, 0.1) is 0 Å².